The molecule has 0 bridgehead atoms. The van der Waals surface area contributed by atoms with Gasteiger partial charge in [0.2, 0.25) is 0 Å². The minimum atomic E-state index is -0.952. The van der Waals surface area contributed by atoms with Crippen molar-refractivity contribution in [1.29, 1.82) is 5.26 Å². The first-order valence-electron chi connectivity index (χ1n) is 10.4. The molecule has 1 aliphatic rings. The molecule has 1 aliphatic heterocycles. The van der Waals surface area contributed by atoms with Crippen molar-refractivity contribution in [3.63, 3.8) is 0 Å². The third-order valence-electron chi connectivity index (χ3n) is 5.57. The molecule has 0 saturated carbocycles. The van der Waals surface area contributed by atoms with Crippen molar-refractivity contribution < 1.29 is 23.4 Å². The summed E-state index contributed by atoms with van der Waals surface area (Å²) in [7, 11) is 1.59. The molecular weight excluding hydrogens is 431 g/mol. The number of aliphatic hydroxyl groups is 1. The molecule has 1 aromatic heterocycles. The highest BCUT2D eigenvalue weighted by molar-refractivity contribution is 5.82. The van der Waals surface area contributed by atoms with E-state index in [1.54, 1.807) is 37.4 Å². The number of aryl methyl sites for hydroxylation is 1. The quantitative estimate of drug-likeness (QED) is 0.521. The van der Waals surface area contributed by atoms with Crippen LogP contribution in [0.3, 0.4) is 0 Å². The van der Waals surface area contributed by atoms with Crippen molar-refractivity contribution in [2.75, 3.05) is 19.7 Å². The van der Waals surface area contributed by atoms with Gasteiger partial charge < -0.3 is 24.9 Å². The molecule has 0 unspecified atom stereocenters. The lowest BCUT2D eigenvalue weighted by molar-refractivity contribution is -0.133. The monoisotopic (exact) mass is 454 g/mol. The normalized spacial score (nSPS) is 19.6. The van der Waals surface area contributed by atoms with E-state index in [1.165, 1.54) is 10.6 Å². The molecule has 1 saturated heterocycles. The van der Waals surface area contributed by atoms with Gasteiger partial charge in [0, 0.05) is 26.6 Å². The second-order valence-electron chi connectivity index (χ2n) is 7.94. The van der Waals surface area contributed by atoms with Gasteiger partial charge >= 0.3 is 5.76 Å². The number of benzene rings is 2. The smallest absolute Gasteiger partial charge is 0.408 e. The average molecular weight is 454 g/mol. The molecule has 10 heteroatoms. The summed E-state index contributed by atoms with van der Waals surface area (Å²) in [6.07, 6.45) is -1.58. The fourth-order valence-electron chi connectivity index (χ4n) is 3.71. The molecule has 2 heterocycles. The number of hydrogen-bond acceptors (Lipinski definition) is 7. The number of aliphatic hydroxyl groups excluding tert-OH is 1. The maximum atomic E-state index is 14.9. The maximum Gasteiger partial charge on any atom is 0.419 e. The second-order valence-corrected chi connectivity index (χ2v) is 7.94. The highest BCUT2D eigenvalue weighted by Gasteiger charge is 2.26. The highest BCUT2D eigenvalue weighted by atomic mass is 19.1. The number of nitriles is 1. The Morgan fingerprint density at radius 1 is 1.33 bits per heavy atom. The van der Waals surface area contributed by atoms with Gasteiger partial charge in [-0.2, -0.15) is 5.26 Å². The van der Waals surface area contributed by atoms with Crippen LogP contribution in [0, 0.1) is 17.1 Å². The van der Waals surface area contributed by atoms with Crippen LogP contribution in [-0.2, 0) is 23.0 Å². The number of nitrogens with one attached hydrogen (secondary N) is 2. The molecule has 1 fully saturated rings. The molecular formula is C23H23FN4O5. The van der Waals surface area contributed by atoms with Gasteiger partial charge in [-0.3, -0.25) is 9.36 Å². The van der Waals surface area contributed by atoms with E-state index in [-0.39, 0.29) is 25.1 Å². The minimum absolute atomic E-state index is 0.0111. The molecule has 9 nitrogen and oxygen atoms in total. The lowest BCUT2D eigenvalue weighted by Crippen LogP contribution is -2.46. The van der Waals surface area contributed by atoms with E-state index in [0.29, 0.717) is 28.8 Å². The predicted octanol–water partition coefficient (Wildman–Crippen LogP) is 0.838. The Morgan fingerprint density at radius 3 is 2.85 bits per heavy atom. The zero-order chi connectivity index (χ0) is 23.5. The molecule has 172 valence electrons. The summed E-state index contributed by atoms with van der Waals surface area (Å²) >= 11 is 0. The Kier molecular flexibility index (Phi) is 6.55. The largest absolute Gasteiger partial charge is 0.419 e. The molecule has 2 aromatic carbocycles. The lowest BCUT2D eigenvalue weighted by Gasteiger charge is -2.18. The molecule has 0 spiro atoms. The fourth-order valence-corrected chi connectivity index (χ4v) is 3.71. The van der Waals surface area contributed by atoms with Gasteiger partial charge in [-0.25, -0.2) is 9.18 Å². The van der Waals surface area contributed by atoms with E-state index in [9.17, 15) is 24.3 Å². The summed E-state index contributed by atoms with van der Waals surface area (Å²) in [5.74, 6) is -1.49. The Hall–Kier alpha value is -3.52. The zero-order valence-electron chi connectivity index (χ0n) is 17.9. The van der Waals surface area contributed by atoms with Gasteiger partial charge in [-0.1, -0.05) is 18.2 Å². The molecule has 33 heavy (non-hydrogen) atoms. The number of β-amino-alcohol motifs (C(OH)–C–C–N with tert-alkyl or cyclic N) is 1. The van der Waals surface area contributed by atoms with Gasteiger partial charge in [0.1, 0.15) is 18.0 Å². The van der Waals surface area contributed by atoms with Crippen molar-refractivity contribution in [1.82, 2.24) is 15.2 Å². The molecule has 3 aromatic rings. The highest BCUT2D eigenvalue weighted by Crippen LogP contribution is 2.26. The van der Waals surface area contributed by atoms with Crippen LogP contribution in [0.4, 0.5) is 4.39 Å². The number of carbonyl (C=O) groups is 1. The van der Waals surface area contributed by atoms with Crippen LogP contribution in [0.15, 0.2) is 45.6 Å². The first-order valence-corrected chi connectivity index (χ1v) is 10.4. The average Bonchev–Trinajstić information content (AvgIpc) is 2.95. The number of oxazole rings is 1. The summed E-state index contributed by atoms with van der Waals surface area (Å²) in [4.78, 5) is 24.1. The first kappa shape index (κ1) is 22.7. The number of halogens is 1. The van der Waals surface area contributed by atoms with E-state index < -0.39 is 35.7 Å². The van der Waals surface area contributed by atoms with Crippen molar-refractivity contribution in [3.05, 3.63) is 58.3 Å². The lowest BCUT2D eigenvalue weighted by atomic mass is 10.00. The second kappa shape index (κ2) is 9.54. The third kappa shape index (κ3) is 4.96. The Morgan fingerprint density at radius 2 is 2.09 bits per heavy atom. The molecule has 1 amide bonds. The van der Waals surface area contributed by atoms with E-state index in [0.717, 1.165) is 0 Å². The van der Waals surface area contributed by atoms with Gasteiger partial charge in [-0.15, -0.1) is 0 Å². The number of hydrogen-bond donors (Lipinski definition) is 3. The minimum Gasteiger partial charge on any atom is -0.408 e. The van der Waals surface area contributed by atoms with Crippen molar-refractivity contribution in [3.8, 4) is 17.2 Å². The van der Waals surface area contributed by atoms with E-state index >= 15 is 0 Å². The Bertz CT molecular complexity index is 1280. The molecule has 0 radical (unpaired) electrons. The van der Waals surface area contributed by atoms with Crippen LogP contribution in [0.25, 0.3) is 22.2 Å². The topological polar surface area (TPSA) is 130 Å². The Labute approximate surface area is 188 Å². The summed E-state index contributed by atoms with van der Waals surface area (Å²) in [6.45, 7) is 0.529. The van der Waals surface area contributed by atoms with Crippen LogP contribution >= 0.6 is 0 Å². The van der Waals surface area contributed by atoms with Gasteiger partial charge in [0.15, 0.2) is 5.58 Å². The maximum absolute atomic E-state index is 14.9. The summed E-state index contributed by atoms with van der Waals surface area (Å²) in [5, 5.41) is 24.5. The molecule has 3 atom stereocenters. The SMILES string of the molecule is Cn1c(=O)oc2ccc(-c3ccc(C[C@@H](C#N)NC(=O)[C@@H]4CNC[C@@H](O)CO4)c(F)c3)cc21. The number of rotatable bonds is 5. The van der Waals surface area contributed by atoms with Gasteiger partial charge in [-0.05, 0) is 34.9 Å². The Balaban J connectivity index is 1.47. The molecule has 3 N–H and O–H groups in total. The molecule has 4 rings (SSSR count). The van der Waals surface area contributed by atoms with Crippen LogP contribution in [0.1, 0.15) is 5.56 Å². The van der Waals surface area contributed by atoms with Crippen LogP contribution < -0.4 is 16.4 Å². The summed E-state index contributed by atoms with van der Waals surface area (Å²) in [6, 6.07) is 10.8. The predicted molar refractivity (Wildman–Crippen MR) is 117 cm³/mol. The van der Waals surface area contributed by atoms with Gasteiger partial charge in [0.25, 0.3) is 5.91 Å². The van der Waals surface area contributed by atoms with E-state index in [2.05, 4.69) is 10.6 Å². The molecule has 0 aliphatic carbocycles. The number of nitrogens with zero attached hydrogens (tertiary/aromatic N) is 2. The number of aromatic nitrogens is 1. The van der Waals surface area contributed by atoms with Gasteiger partial charge in [0.05, 0.1) is 24.3 Å². The fraction of sp³-hybridized carbons (Fsp3) is 0.348. The van der Waals surface area contributed by atoms with Crippen molar-refractivity contribution in [2.24, 2.45) is 7.05 Å². The van der Waals surface area contributed by atoms with Crippen molar-refractivity contribution in [2.45, 2.75) is 24.7 Å². The number of amides is 1. The summed E-state index contributed by atoms with van der Waals surface area (Å²) in [5.41, 5.74) is 2.61. The standard InChI is InChI=1S/C23H23FN4O5/c1-28-19-8-14(4-5-20(19)33-23(28)31)13-2-3-15(18(24)7-13)6-16(9-25)27-22(30)21-11-26-10-17(29)12-32-21/h2-5,7-8,16-17,21,26,29H,6,10-12H2,1H3,(H,27,30)/t16-,17+,21-/m0/s1. The number of carbonyl (C=O) groups excluding carboxylic acids is 1. The summed E-state index contributed by atoms with van der Waals surface area (Å²) < 4.78 is 26.7. The van der Waals surface area contributed by atoms with E-state index in [4.69, 9.17) is 9.15 Å². The van der Waals surface area contributed by atoms with E-state index in [1.807, 2.05) is 6.07 Å². The van der Waals surface area contributed by atoms with Crippen LogP contribution in [-0.4, -0.2) is 53.5 Å². The number of fused-ring (bicyclic) bond motifs is 1. The van der Waals surface area contributed by atoms with Crippen LogP contribution in [0.5, 0.6) is 0 Å². The first-order chi connectivity index (χ1) is 15.9. The van der Waals surface area contributed by atoms with Crippen LogP contribution in [0.2, 0.25) is 0 Å². The van der Waals surface area contributed by atoms with Crippen molar-refractivity contribution >= 4 is 17.0 Å². The zero-order valence-corrected chi connectivity index (χ0v) is 17.9. The number of ether oxygens (including phenoxy) is 1. The third-order valence-corrected chi connectivity index (χ3v) is 5.57.